The number of amides is 1. The summed E-state index contributed by atoms with van der Waals surface area (Å²) in [5.74, 6) is 0.931. The van der Waals surface area contributed by atoms with E-state index in [0.717, 1.165) is 23.4 Å². The van der Waals surface area contributed by atoms with Gasteiger partial charge in [-0.05, 0) is 59.7 Å². The molecular formula is C29H26N2O3S. The Morgan fingerprint density at radius 3 is 2.06 bits per heavy atom. The lowest BCUT2D eigenvalue weighted by Crippen LogP contribution is -2.34. The van der Waals surface area contributed by atoms with Crippen LogP contribution in [0.1, 0.15) is 21.5 Å². The zero-order chi connectivity index (χ0) is 24.3. The Kier molecular flexibility index (Phi) is 8.46. The third kappa shape index (κ3) is 7.42. The molecule has 5 nitrogen and oxygen atoms in total. The Bertz CT molecular complexity index is 1250. The molecule has 0 aliphatic carbocycles. The molecule has 0 atom stereocenters. The van der Waals surface area contributed by atoms with Gasteiger partial charge in [0.2, 0.25) is 0 Å². The highest BCUT2D eigenvalue weighted by Gasteiger charge is 2.14. The maximum atomic E-state index is 12.8. The summed E-state index contributed by atoms with van der Waals surface area (Å²) in [4.78, 5) is 12.8. The second-order valence-electron chi connectivity index (χ2n) is 7.79. The van der Waals surface area contributed by atoms with Gasteiger partial charge in [-0.1, -0.05) is 72.8 Å². The number of carbonyl (C=O) groups is 1. The fraction of sp³-hybridized carbons (Fsp3) is 0.103. The Morgan fingerprint density at radius 1 is 0.714 bits per heavy atom. The Balaban J connectivity index is 1.28. The molecule has 0 aromatic heterocycles. The van der Waals surface area contributed by atoms with Crippen molar-refractivity contribution in [2.24, 2.45) is 0 Å². The van der Waals surface area contributed by atoms with Crippen molar-refractivity contribution in [2.75, 3.05) is 11.9 Å². The van der Waals surface area contributed by atoms with E-state index in [1.807, 2.05) is 91.0 Å². The first-order valence-electron chi connectivity index (χ1n) is 11.3. The van der Waals surface area contributed by atoms with Crippen LogP contribution in [0.5, 0.6) is 11.5 Å². The van der Waals surface area contributed by atoms with Gasteiger partial charge in [0.15, 0.2) is 5.11 Å². The van der Waals surface area contributed by atoms with Gasteiger partial charge < -0.3 is 14.8 Å². The molecule has 0 aliphatic rings. The summed E-state index contributed by atoms with van der Waals surface area (Å²) >= 11 is 5.34. The lowest BCUT2D eigenvalue weighted by Gasteiger charge is -2.13. The van der Waals surface area contributed by atoms with E-state index in [-0.39, 0.29) is 11.0 Å². The van der Waals surface area contributed by atoms with Crippen molar-refractivity contribution >= 4 is 28.9 Å². The molecule has 4 aromatic carbocycles. The van der Waals surface area contributed by atoms with Crippen molar-refractivity contribution < 1.29 is 14.3 Å². The fourth-order valence-corrected chi connectivity index (χ4v) is 3.62. The van der Waals surface area contributed by atoms with Gasteiger partial charge in [0, 0.05) is 12.1 Å². The average Bonchev–Trinajstić information content (AvgIpc) is 2.90. The molecule has 0 unspecified atom stereocenters. The van der Waals surface area contributed by atoms with Gasteiger partial charge in [-0.25, -0.2) is 0 Å². The number of carbonyl (C=O) groups excluding carboxylic acids is 1. The van der Waals surface area contributed by atoms with Gasteiger partial charge in [-0.3, -0.25) is 10.1 Å². The van der Waals surface area contributed by atoms with Crippen LogP contribution in [0, 0.1) is 0 Å². The SMILES string of the molecule is O=C(NC(=S)Nc1ccc(OCc2ccccc2)cc1)c1ccccc1OCCc1ccccc1. The monoisotopic (exact) mass is 482 g/mol. The number of hydrogen-bond acceptors (Lipinski definition) is 4. The van der Waals surface area contributed by atoms with Crippen molar-refractivity contribution in [1.82, 2.24) is 5.32 Å². The first-order valence-corrected chi connectivity index (χ1v) is 11.7. The summed E-state index contributed by atoms with van der Waals surface area (Å²) < 4.78 is 11.7. The van der Waals surface area contributed by atoms with Crippen LogP contribution >= 0.6 is 12.2 Å². The summed E-state index contributed by atoms with van der Waals surface area (Å²) in [6, 6.07) is 34.6. The quantitative estimate of drug-likeness (QED) is 0.286. The molecule has 0 saturated heterocycles. The molecule has 0 radical (unpaired) electrons. The highest BCUT2D eigenvalue weighted by molar-refractivity contribution is 7.80. The van der Waals surface area contributed by atoms with E-state index < -0.39 is 0 Å². The van der Waals surface area contributed by atoms with E-state index in [1.54, 1.807) is 18.2 Å². The molecule has 0 spiro atoms. The standard InChI is InChI=1S/C29H26N2O3S/c32-28(26-13-7-8-14-27(26)33-20-19-22-9-3-1-4-10-22)31-29(35)30-24-15-17-25(18-16-24)34-21-23-11-5-2-6-12-23/h1-18H,19-21H2,(H2,30,31,32,35). The number of nitrogens with one attached hydrogen (secondary N) is 2. The second-order valence-corrected chi connectivity index (χ2v) is 8.20. The molecule has 0 bridgehead atoms. The van der Waals surface area contributed by atoms with Crippen molar-refractivity contribution in [3.63, 3.8) is 0 Å². The molecule has 6 heteroatoms. The van der Waals surface area contributed by atoms with Crippen LogP contribution in [0.15, 0.2) is 109 Å². The van der Waals surface area contributed by atoms with E-state index in [1.165, 1.54) is 5.56 Å². The van der Waals surface area contributed by atoms with Crippen molar-refractivity contribution in [3.05, 3.63) is 126 Å². The smallest absolute Gasteiger partial charge is 0.261 e. The van der Waals surface area contributed by atoms with Gasteiger partial charge >= 0.3 is 0 Å². The maximum absolute atomic E-state index is 12.8. The van der Waals surface area contributed by atoms with Crippen LogP contribution in [0.4, 0.5) is 5.69 Å². The number of thiocarbonyl (C=S) groups is 1. The zero-order valence-corrected chi connectivity index (χ0v) is 20.0. The summed E-state index contributed by atoms with van der Waals surface area (Å²) in [5.41, 5.74) is 3.45. The predicted molar refractivity (Wildman–Crippen MR) is 143 cm³/mol. The third-order valence-corrected chi connectivity index (χ3v) is 5.41. The Morgan fingerprint density at radius 2 is 1.34 bits per heavy atom. The number of ether oxygens (including phenoxy) is 2. The lowest BCUT2D eigenvalue weighted by molar-refractivity contribution is 0.0974. The highest BCUT2D eigenvalue weighted by atomic mass is 32.1. The molecule has 0 saturated carbocycles. The van der Waals surface area contributed by atoms with Gasteiger partial charge in [-0.15, -0.1) is 0 Å². The topological polar surface area (TPSA) is 59.6 Å². The number of benzene rings is 4. The molecule has 35 heavy (non-hydrogen) atoms. The first-order chi connectivity index (χ1) is 17.2. The molecule has 1 amide bonds. The molecular weight excluding hydrogens is 456 g/mol. The normalized spacial score (nSPS) is 10.3. The average molecular weight is 483 g/mol. The number of rotatable bonds is 9. The van der Waals surface area contributed by atoms with E-state index in [9.17, 15) is 4.79 Å². The lowest BCUT2D eigenvalue weighted by atomic mass is 10.1. The zero-order valence-electron chi connectivity index (χ0n) is 19.1. The Hall–Kier alpha value is -4.16. The van der Waals surface area contributed by atoms with E-state index in [0.29, 0.717) is 24.5 Å². The third-order valence-electron chi connectivity index (χ3n) is 5.21. The minimum Gasteiger partial charge on any atom is -0.492 e. The maximum Gasteiger partial charge on any atom is 0.261 e. The summed E-state index contributed by atoms with van der Waals surface area (Å²) in [6.07, 6.45) is 0.752. The highest BCUT2D eigenvalue weighted by Crippen LogP contribution is 2.19. The van der Waals surface area contributed by atoms with Gasteiger partial charge in [0.25, 0.3) is 5.91 Å². The first kappa shape index (κ1) is 24.0. The summed E-state index contributed by atoms with van der Waals surface area (Å²) in [5, 5.41) is 5.96. The van der Waals surface area contributed by atoms with E-state index in [4.69, 9.17) is 21.7 Å². The number of anilines is 1. The van der Waals surface area contributed by atoms with Crippen molar-refractivity contribution in [1.29, 1.82) is 0 Å². The molecule has 0 fully saturated rings. The molecule has 0 aliphatic heterocycles. The van der Waals surface area contributed by atoms with Crippen LogP contribution in [0.3, 0.4) is 0 Å². The minimum atomic E-state index is -0.333. The van der Waals surface area contributed by atoms with Crippen LogP contribution in [-0.2, 0) is 13.0 Å². The van der Waals surface area contributed by atoms with Crippen LogP contribution in [-0.4, -0.2) is 17.6 Å². The Labute approximate surface area is 210 Å². The fourth-order valence-electron chi connectivity index (χ4n) is 3.41. The van der Waals surface area contributed by atoms with Gasteiger partial charge in [0.05, 0.1) is 12.2 Å². The number of para-hydroxylation sites is 1. The number of hydrogen-bond donors (Lipinski definition) is 2. The largest absolute Gasteiger partial charge is 0.492 e. The second kappa shape index (κ2) is 12.3. The van der Waals surface area contributed by atoms with E-state index >= 15 is 0 Å². The van der Waals surface area contributed by atoms with Gasteiger partial charge in [0.1, 0.15) is 18.1 Å². The predicted octanol–water partition coefficient (Wildman–Crippen LogP) is 6.01. The van der Waals surface area contributed by atoms with E-state index in [2.05, 4.69) is 10.6 Å². The summed E-state index contributed by atoms with van der Waals surface area (Å²) in [6.45, 7) is 0.963. The van der Waals surface area contributed by atoms with Crippen molar-refractivity contribution in [3.8, 4) is 11.5 Å². The van der Waals surface area contributed by atoms with Crippen LogP contribution in [0.25, 0.3) is 0 Å². The van der Waals surface area contributed by atoms with Gasteiger partial charge in [-0.2, -0.15) is 0 Å². The molecule has 4 rings (SSSR count). The van der Waals surface area contributed by atoms with Crippen molar-refractivity contribution in [2.45, 2.75) is 13.0 Å². The van der Waals surface area contributed by atoms with Crippen LogP contribution in [0.2, 0.25) is 0 Å². The molecule has 2 N–H and O–H groups in total. The van der Waals surface area contributed by atoms with Crippen LogP contribution < -0.4 is 20.1 Å². The molecule has 176 valence electrons. The minimum absolute atomic E-state index is 0.201. The molecule has 0 heterocycles. The molecule has 4 aromatic rings. The summed E-state index contributed by atoms with van der Waals surface area (Å²) in [7, 11) is 0.